The Morgan fingerprint density at radius 1 is 1.20 bits per heavy atom. The monoisotopic (exact) mass is 277 g/mol. The molecular weight excluding hydrogens is 250 g/mol. The molecule has 0 aromatic heterocycles. The van der Waals surface area contributed by atoms with Gasteiger partial charge in [-0.15, -0.1) is 0 Å². The second-order valence-corrected chi connectivity index (χ2v) is 5.46. The Balaban J connectivity index is 1.95. The van der Waals surface area contributed by atoms with Crippen LogP contribution in [0.3, 0.4) is 0 Å². The predicted octanol–water partition coefficient (Wildman–Crippen LogP) is 3.55. The molecule has 3 heteroatoms. The van der Waals surface area contributed by atoms with Gasteiger partial charge in [0.15, 0.2) is 0 Å². The number of ether oxygens (including phenoxy) is 2. The molecule has 1 aliphatic rings. The molecule has 1 fully saturated rings. The lowest BCUT2D eigenvalue weighted by molar-refractivity contribution is -0.0290. The van der Waals surface area contributed by atoms with E-state index in [1.54, 1.807) is 0 Å². The summed E-state index contributed by atoms with van der Waals surface area (Å²) in [6, 6.07) is 8.73. The van der Waals surface area contributed by atoms with Crippen molar-refractivity contribution >= 4 is 0 Å². The topological polar surface area (TPSA) is 30.5 Å². The molecule has 1 aromatic carbocycles. The molecule has 0 spiro atoms. The van der Waals surface area contributed by atoms with Crippen molar-refractivity contribution in [3.05, 3.63) is 29.8 Å². The molecule has 1 aromatic rings. The highest BCUT2D eigenvalue weighted by molar-refractivity contribution is 5.36. The van der Waals surface area contributed by atoms with Crippen LogP contribution >= 0.6 is 0 Å². The number of hydrogen-bond acceptors (Lipinski definition) is 3. The van der Waals surface area contributed by atoms with E-state index in [-0.39, 0.29) is 0 Å². The summed E-state index contributed by atoms with van der Waals surface area (Å²) in [4.78, 5) is 0. The van der Waals surface area contributed by atoms with Gasteiger partial charge < -0.3 is 14.8 Å². The fraction of sp³-hybridized carbons (Fsp3) is 0.647. The van der Waals surface area contributed by atoms with Crippen molar-refractivity contribution < 1.29 is 9.47 Å². The van der Waals surface area contributed by atoms with Gasteiger partial charge >= 0.3 is 0 Å². The molecule has 1 atom stereocenters. The van der Waals surface area contributed by atoms with Crippen molar-refractivity contribution in [3.8, 4) is 5.75 Å². The Bertz CT molecular complexity index is 402. The molecule has 0 bridgehead atoms. The van der Waals surface area contributed by atoms with Crippen LogP contribution in [0.5, 0.6) is 5.75 Å². The second kappa shape index (κ2) is 7.65. The van der Waals surface area contributed by atoms with Crippen LogP contribution in [0, 0.1) is 5.92 Å². The van der Waals surface area contributed by atoms with Gasteiger partial charge in [0.2, 0.25) is 0 Å². The molecule has 112 valence electrons. The van der Waals surface area contributed by atoms with Crippen molar-refractivity contribution in [3.63, 3.8) is 0 Å². The van der Waals surface area contributed by atoms with Gasteiger partial charge in [-0.05, 0) is 52.1 Å². The number of nitrogens with one attached hydrogen (secondary N) is 1. The SMILES string of the molecule is CCOc1ccccc1C(CC1CC(OCC)C1)NC. The summed E-state index contributed by atoms with van der Waals surface area (Å²) < 4.78 is 11.4. The fourth-order valence-corrected chi connectivity index (χ4v) is 3.03. The van der Waals surface area contributed by atoms with Gasteiger partial charge in [0, 0.05) is 18.2 Å². The highest BCUT2D eigenvalue weighted by Gasteiger charge is 2.32. The minimum Gasteiger partial charge on any atom is -0.494 e. The standard InChI is InChI=1S/C17H27NO2/c1-4-19-14-10-13(11-14)12-16(18-3)15-8-6-7-9-17(15)20-5-2/h6-9,13-14,16,18H,4-5,10-12H2,1-3H3. The summed E-state index contributed by atoms with van der Waals surface area (Å²) in [7, 11) is 2.03. The normalized spacial score (nSPS) is 23.1. The van der Waals surface area contributed by atoms with E-state index in [0.717, 1.165) is 24.7 Å². The van der Waals surface area contributed by atoms with E-state index in [1.807, 2.05) is 20.0 Å². The molecular formula is C17H27NO2. The van der Waals surface area contributed by atoms with Crippen molar-refractivity contribution in [1.29, 1.82) is 0 Å². The molecule has 2 rings (SSSR count). The number of rotatable bonds is 8. The van der Waals surface area contributed by atoms with Crippen LogP contribution < -0.4 is 10.1 Å². The summed E-state index contributed by atoms with van der Waals surface area (Å²) in [6.07, 6.45) is 4.04. The Labute approximate surface area is 122 Å². The van der Waals surface area contributed by atoms with Gasteiger partial charge in [-0.2, -0.15) is 0 Å². The number of para-hydroxylation sites is 1. The first-order chi connectivity index (χ1) is 9.78. The molecule has 1 saturated carbocycles. The molecule has 0 radical (unpaired) electrons. The lowest BCUT2D eigenvalue weighted by Crippen LogP contribution is -2.34. The molecule has 0 heterocycles. The van der Waals surface area contributed by atoms with Crippen molar-refractivity contribution in [2.45, 2.75) is 45.3 Å². The summed E-state index contributed by atoms with van der Waals surface area (Å²) in [5.41, 5.74) is 1.27. The van der Waals surface area contributed by atoms with Crippen molar-refractivity contribution in [2.75, 3.05) is 20.3 Å². The zero-order valence-electron chi connectivity index (χ0n) is 12.9. The Hall–Kier alpha value is -1.06. The lowest BCUT2D eigenvalue weighted by Gasteiger charge is -2.37. The Morgan fingerprint density at radius 2 is 1.95 bits per heavy atom. The van der Waals surface area contributed by atoms with Crippen LogP contribution in [0.1, 0.15) is 44.7 Å². The summed E-state index contributed by atoms with van der Waals surface area (Å²) >= 11 is 0. The highest BCUT2D eigenvalue weighted by atomic mass is 16.5. The first kappa shape index (κ1) is 15.3. The van der Waals surface area contributed by atoms with Gasteiger partial charge in [-0.3, -0.25) is 0 Å². The van der Waals surface area contributed by atoms with Crippen molar-refractivity contribution in [2.24, 2.45) is 5.92 Å². The van der Waals surface area contributed by atoms with Crippen LogP contribution in [0.25, 0.3) is 0 Å². The van der Waals surface area contributed by atoms with E-state index < -0.39 is 0 Å². The third-order valence-corrected chi connectivity index (χ3v) is 4.11. The second-order valence-electron chi connectivity index (χ2n) is 5.46. The maximum atomic E-state index is 5.75. The molecule has 1 N–H and O–H groups in total. The molecule has 3 nitrogen and oxygen atoms in total. The van der Waals surface area contributed by atoms with Gasteiger partial charge in [0.1, 0.15) is 5.75 Å². The van der Waals surface area contributed by atoms with Crippen LogP contribution in [0.15, 0.2) is 24.3 Å². The minimum absolute atomic E-state index is 0.366. The molecule has 0 saturated heterocycles. The largest absolute Gasteiger partial charge is 0.494 e. The van der Waals surface area contributed by atoms with E-state index in [2.05, 4.69) is 30.4 Å². The van der Waals surface area contributed by atoms with E-state index in [1.165, 1.54) is 18.4 Å². The molecule has 1 unspecified atom stereocenters. The van der Waals surface area contributed by atoms with Crippen LogP contribution in [-0.4, -0.2) is 26.4 Å². The quantitative estimate of drug-likeness (QED) is 0.788. The lowest BCUT2D eigenvalue weighted by atomic mass is 9.77. The number of hydrogen-bond donors (Lipinski definition) is 1. The molecule has 0 amide bonds. The summed E-state index contributed by atoms with van der Waals surface area (Å²) in [5, 5.41) is 3.44. The number of benzene rings is 1. The van der Waals surface area contributed by atoms with E-state index in [4.69, 9.17) is 9.47 Å². The average molecular weight is 277 g/mol. The smallest absolute Gasteiger partial charge is 0.124 e. The van der Waals surface area contributed by atoms with Crippen molar-refractivity contribution in [1.82, 2.24) is 5.32 Å². The molecule has 20 heavy (non-hydrogen) atoms. The fourth-order valence-electron chi connectivity index (χ4n) is 3.03. The van der Waals surface area contributed by atoms with Gasteiger partial charge in [-0.1, -0.05) is 18.2 Å². The van der Waals surface area contributed by atoms with E-state index >= 15 is 0 Å². The molecule has 1 aliphatic carbocycles. The Morgan fingerprint density at radius 3 is 2.60 bits per heavy atom. The zero-order chi connectivity index (χ0) is 14.4. The maximum Gasteiger partial charge on any atom is 0.124 e. The van der Waals surface area contributed by atoms with Crippen LogP contribution in [-0.2, 0) is 4.74 Å². The van der Waals surface area contributed by atoms with Crippen LogP contribution in [0.4, 0.5) is 0 Å². The third kappa shape index (κ3) is 3.74. The maximum absolute atomic E-state index is 5.75. The molecule has 0 aliphatic heterocycles. The summed E-state index contributed by atoms with van der Waals surface area (Å²) in [5.74, 6) is 1.77. The predicted molar refractivity (Wildman–Crippen MR) is 82.2 cm³/mol. The first-order valence-corrected chi connectivity index (χ1v) is 7.79. The zero-order valence-corrected chi connectivity index (χ0v) is 12.9. The summed E-state index contributed by atoms with van der Waals surface area (Å²) in [6.45, 7) is 5.65. The van der Waals surface area contributed by atoms with Crippen LogP contribution in [0.2, 0.25) is 0 Å². The minimum atomic E-state index is 0.366. The average Bonchev–Trinajstić information content (AvgIpc) is 2.43. The van der Waals surface area contributed by atoms with Gasteiger partial charge in [0.05, 0.1) is 12.7 Å². The Kier molecular flexibility index (Phi) is 5.86. The first-order valence-electron chi connectivity index (χ1n) is 7.79. The van der Waals surface area contributed by atoms with Gasteiger partial charge in [0.25, 0.3) is 0 Å². The van der Waals surface area contributed by atoms with Gasteiger partial charge in [-0.25, -0.2) is 0 Å². The third-order valence-electron chi connectivity index (χ3n) is 4.11. The highest BCUT2D eigenvalue weighted by Crippen LogP contribution is 2.38. The van der Waals surface area contributed by atoms with E-state index in [0.29, 0.717) is 18.8 Å². The van der Waals surface area contributed by atoms with E-state index in [9.17, 15) is 0 Å².